The van der Waals surface area contributed by atoms with E-state index in [0.717, 1.165) is 11.1 Å². The highest BCUT2D eigenvalue weighted by Crippen LogP contribution is 2.37. The molecule has 20 heavy (non-hydrogen) atoms. The van der Waals surface area contributed by atoms with E-state index >= 15 is 0 Å². The first-order chi connectivity index (χ1) is 9.34. The minimum Gasteiger partial charge on any atom is -0.380 e. The second-order valence-corrected chi connectivity index (χ2v) is 6.42. The maximum Gasteiger partial charge on any atom is 0.225 e. The Morgan fingerprint density at radius 3 is 2.40 bits per heavy atom. The van der Waals surface area contributed by atoms with Crippen LogP contribution >= 0.6 is 0 Å². The predicted octanol–water partition coefficient (Wildman–Crippen LogP) is 2.23. The zero-order chi connectivity index (χ0) is 14.9. The number of likely N-dealkylation sites (tertiary alicyclic amines) is 1. The lowest BCUT2D eigenvalue weighted by molar-refractivity contribution is -0.133. The summed E-state index contributed by atoms with van der Waals surface area (Å²) in [5.41, 5.74) is 8.19. The van der Waals surface area contributed by atoms with E-state index in [9.17, 15) is 4.79 Å². The Labute approximate surface area is 120 Å². The number of rotatable bonds is 3. The van der Waals surface area contributed by atoms with Crippen molar-refractivity contribution in [2.45, 2.75) is 51.4 Å². The summed E-state index contributed by atoms with van der Waals surface area (Å²) in [5.74, 6) is 0.135. The van der Waals surface area contributed by atoms with Crippen LogP contribution in [0.1, 0.15) is 44.4 Å². The number of carbonyl (C=O) groups excluding carboxylic acids is 1. The maximum atomic E-state index is 12.2. The summed E-state index contributed by atoms with van der Waals surface area (Å²) in [6, 6.07) is 7.99. The number of nitrogens with two attached hydrogens (primary N) is 1. The molecule has 0 radical (unpaired) electrons. The number of hydrogen-bond acceptors (Lipinski definition) is 3. The van der Waals surface area contributed by atoms with Crippen molar-refractivity contribution in [2.75, 3.05) is 7.11 Å². The molecule has 2 N–H and O–H groups in total. The molecule has 1 aromatic rings. The van der Waals surface area contributed by atoms with Crippen molar-refractivity contribution in [1.82, 2.24) is 4.90 Å². The molecule has 4 heteroatoms. The van der Waals surface area contributed by atoms with E-state index in [2.05, 4.69) is 32.9 Å². The largest absolute Gasteiger partial charge is 0.380 e. The lowest BCUT2D eigenvalue weighted by Crippen LogP contribution is -2.45. The van der Waals surface area contributed by atoms with Crippen LogP contribution in [-0.2, 0) is 16.1 Å². The summed E-state index contributed by atoms with van der Waals surface area (Å²) in [5, 5.41) is 0. The number of methoxy groups -OCH3 is 1. The molecule has 1 saturated heterocycles. The Morgan fingerprint density at radius 1 is 1.30 bits per heavy atom. The van der Waals surface area contributed by atoms with Gasteiger partial charge >= 0.3 is 0 Å². The second kappa shape index (κ2) is 5.54. The van der Waals surface area contributed by atoms with Crippen molar-refractivity contribution < 1.29 is 9.53 Å². The van der Waals surface area contributed by atoms with E-state index in [4.69, 9.17) is 10.5 Å². The first-order valence-electron chi connectivity index (χ1n) is 7.00. The molecule has 0 aromatic heterocycles. The fraction of sp³-hybridized carbons (Fsp3) is 0.562. The summed E-state index contributed by atoms with van der Waals surface area (Å²) in [6.07, 6.45) is 0.418. The topological polar surface area (TPSA) is 55.6 Å². The smallest absolute Gasteiger partial charge is 0.225 e. The molecule has 1 aliphatic heterocycles. The van der Waals surface area contributed by atoms with E-state index < -0.39 is 0 Å². The SMILES string of the molecule is COCc1ccc(C2C(N)CC(=O)N2C(C)(C)C)cc1. The van der Waals surface area contributed by atoms with Crippen molar-refractivity contribution >= 4 is 5.91 Å². The molecule has 2 unspecified atom stereocenters. The zero-order valence-electron chi connectivity index (χ0n) is 12.7. The van der Waals surface area contributed by atoms with Gasteiger partial charge in [0.15, 0.2) is 0 Å². The molecule has 0 spiro atoms. The third-order valence-electron chi connectivity index (χ3n) is 3.72. The minimum atomic E-state index is -0.221. The normalized spacial score (nSPS) is 23.4. The number of nitrogens with zero attached hydrogens (tertiary/aromatic N) is 1. The number of ether oxygens (including phenoxy) is 1. The lowest BCUT2D eigenvalue weighted by Gasteiger charge is -2.38. The minimum absolute atomic E-state index is 0.0425. The second-order valence-electron chi connectivity index (χ2n) is 6.42. The first kappa shape index (κ1) is 15.0. The zero-order valence-corrected chi connectivity index (χ0v) is 12.7. The van der Waals surface area contributed by atoms with Crippen LogP contribution in [0.2, 0.25) is 0 Å². The summed E-state index contributed by atoms with van der Waals surface area (Å²) in [4.78, 5) is 14.1. The molecule has 4 nitrogen and oxygen atoms in total. The molecule has 1 amide bonds. The Morgan fingerprint density at radius 2 is 1.90 bits per heavy atom. The number of benzene rings is 1. The van der Waals surface area contributed by atoms with Gasteiger partial charge in [0.05, 0.1) is 12.6 Å². The number of amides is 1. The molecule has 1 fully saturated rings. The van der Waals surface area contributed by atoms with Crippen LogP contribution in [0.5, 0.6) is 0 Å². The van der Waals surface area contributed by atoms with Crippen molar-refractivity contribution in [2.24, 2.45) is 5.73 Å². The molecule has 0 bridgehead atoms. The van der Waals surface area contributed by atoms with E-state index in [1.54, 1.807) is 7.11 Å². The van der Waals surface area contributed by atoms with Crippen LogP contribution in [0.25, 0.3) is 0 Å². The van der Waals surface area contributed by atoms with Crippen LogP contribution in [0.3, 0.4) is 0 Å². The summed E-state index contributed by atoms with van der Waals surface area (Å²) in [7, 11) is 1.68. The van der Waals surface area contributed by atoms with E-state index in [1.165, 1.54) is 0 Å². The molecule has 1 aromatic carbocycles. The first-order valence-corrected chi connectivity index (χ1v) is 7.00. The molecule has 0 saturated carbocycles. The molecule has 1 aliphatic rings. The predicted molar refractivity (Wildman–Crippen MR) is 79.1 cm³/mol. The molecule has 0 aliphatic carbocycles. The van der Waals surface area contributed by atoms with Gasteiger partial charge in [0.1, 0.15) is 0 Å². The molecule has 2 atom stereocenters. The van der Waals surface area contributed by atoms with Gasteiger partial charge in [-0.3, -0.25) is 4.79 Å². The fourth-order valence-electron chi connectivity index (χ4n) is 2.92. The Bertz CT molecular complexity index is 476. The average molecular weight is 276 g/mol. The quantitative estimate of drug-likeness (QED) is 0.921. The average Bonchev–Trinajstić information content (AvgIpc) is 2.65. The van der Waals surface area contributed by atoms with Crippen LogP contribution in [0.4, 0.5) is 0 Å². The van der Waals surface area contributed by atoms with E-state index in [1.807, 2.05) is 17.0 Å². The van der Waals surface area contributed by atoms with E-state index in [-0.39, 0.29) is 23.5 Å². The number of hydrogen-bond donors (Lipinski definition) is 1. The molecule has 110 valence electrons. The highest BCUT2D eigenvalue weighted by atomic mass is 16.5. The maximum absolute atomic E-state index is 12.2. The van der Waals surface area contributed by atoms with Gasteiger partial charge in [0.25, 0.3) is 0 Å². The van der Waals surface area contributed by atoms with Gasteiger partial charge in [-0.1, -0.05) is 24.3 Å². The molecular formula is C16H24N2O2. The molecule has 1 heterocycles. The van der Waals surface area contributed by atoms with Crippen molar-refractivity contribution in [3.63, 3.8) is 0 Å². The Hall–Kier alpha value is -1.39. The van der Waals surface area contributed by atoms with Gasteiger partial charge in [-0.05, 0) is 31.9 Å². The summed E-state index contributed by atoms with van der Waals surface area (Å²) >= 11 is 0. The fourth-order valence-corrected chi connectivity index (χ4v) is 2.92. The van der Waals surface area contributed by atoms with Gasteiger partial charge in [-0.2, -0.15) is 0 Å². The third kappa shape index (κ3) is 2.86. The molecular weight excluding hydrogens is 252 g/mol. The third-order valence-corrected chi connectivity index (χ3v) is 3.72. The van der Waals surface area contributed by atoms with Gasteiger partial charge in [-0.15, -0.1) is 0 Å². The van der Waals surface area contributed by atoms with Gasteiger partial charge < -0.3 is 15.4 Å². The Kier molecular flexibility index (Phi) is 4.16. The number of carbonyl (C=O) groups is 1. The lowest BCUT2D eigenvalue weighted by atomic mass is 9.96. The standard InChI is InChI=1S/C16H24N2O2/c1-16(2,3)18-14(19)9-13(17)15(18)12-7-5-11(6-8-12)10-20-4/h5-8,13,15H,9-10,17H2,1-4H3. The summed E-state index contributed by atoms with van der Waals surface area (Å²) in [6.45, 7) is 6.75. The van der Waals surface area contributed by atoms with Crippen LogP contribution in [0, 0.1) is 0 Å². The summed E-state index contributed by atoms with van der Waals surface area (Å²) < 4.78 is 5.12. The van der Waals surface area contributed by atoms with Crippen LogP contribution in [0.15, 0.2) is 24.3 Å². The van der Waals surface area contributed by atoms with Gasteiger partial charge in [-0.25, -0.2) is 0 Å². The monoisotopic (exact) mass is 276 g/mol. The van der Waals surface area contributed by atoms with Crippen molar-refractivity contribution in [1.29, 1.82) is 0 Å². The van der Waals surface area contributed by atoms with Crippen LogP contribution in [-0.4, -0.2) is 29.5 Å². The molecule has 2 rings (SSSR count). The van der Waals surface area contributed by atoms with Gasteiger partial charge in [0, 0.05) is 25.1 Å². The van der Waals surface area contributed by atoms with Gasteiger partial charge in [0.2, 0.25) is 5.91 Å². The van der Waals surface area contributed by atoms with Crippen LogP contribution < -0.4 is 5.73 Å². The Balaban J connectivity index is 2.31. The highest BCUT2D eigenvalue weighted by Gasteiger charge is 2.43. The van der Waals surface area contributed by atoms with Crippen molar-refractivity contribution in [3.05, 3.63) is 35.4 Å². The highest BCUT2D eigenvalue weighted by molar-refractivity contribution is 5.81. The van der Waals surface area contributed by atoms with E-state index in [0.29, 0.717) is 13.0 Å². The van der Waals surface area contributed by atoms with Crippen molar-refractivity contribution in [3.8, 4) is 0 Å².